The summed E-state index contributed by atoms with van der Waals surface area (Å²) in [7, 11) is 0. The number of esters is 1. The molecule has 1 fully saturated rings. The molecule has 0 bridgehead atoms. The van der Waals surface area contributed by atoms with Gasteiger partial charge in [0, 0.05) is 24.1 Å². The van der Waals surface area contributed by atoms with Crippen molar-refractivity contribution in [1.29, 1.82) is 0 Å². The van der Waals surface area contributed by atoms with E-state index in [1.165, 1.54) is 0 Å². The van der Waals surface area contributed by atoms with Crippen molar-refractivity contribution in [3.63, 3.8) is 0 Å². The molecular weight excluding hydrogens is 306 g/mol. The van der Waals surface area contributed by atoms with E-state index in [4.69, 9.17) is 4.74 Å². The second-order valence-electron chi connectivity index (χ2n) is 7.45. The Morgan fingerprint density at radius 3 is 2.46 bits per heavy atom. The van der Waals surface area contributed by atoms with Gasteiger partial charge in [0.25, 0.3) is 0 Å². The lowest BCUT2D eigenvalue weighted by atomic mass is 9.91. The van der Waals surface area contributed by atoms with E-state index in [9.17, 15) is 14.4 Å². The van der Waals surface area contributed by atoms with E-state index >= 15 is 0 Å². The van der Waals surface area contributed by atoms with Gasteiger partial charge in [-0.05, 0) is 37.1 Å². The Balaban J connectivity index is 2.00. The highest BCUT2D eigenvalue weighted by atomic mass is 16.5. The number of rotatable bonds is 4. The molecule has 1 amide bonds. The maximum atomic E-state index is 12.2. The highest BCUT2D eigenvalue weighted by Crippen LogP contribution is 2.27. The topological polar surface area (TPSA) is 63.7 Å². The first-order chi connectivity index (χ1) is 11.1. The van der Waals surface area contributed by atoms with Crippen molar-refractivity contribution in [3.8, 4) is 0 Å². The fourth-order valence-corrected chi connectivity index (χ4v) is 2.48. The van der Waals surface area contributed by atoms with Crippen LogP contribution in [0.4, 0.5) is 5.69 Å². The van der Waals surface area contributed by atoms with E-state index in [1.807, 2.05) is 32.0 Å². The predicted molar refractivity (Wildman–Crippen MR) is 91.8 cm³/mol. The third kappa shape index (κ3) is 4.02. The number of carbonyl (C=O) groups excluding carboxylic acids is 3. The van der Waals surface area contributed by atoms with Gasteiger partial charge in [-0.25, -0.2) is 0 Å². The van der Waals surface area contributed by atoms with Gasteiger partial charge in [-0.2, -0.15) is 0 Å². The number of hydrogen-bond donors (Lipinski definition) is 0. The molecule has 5 nitrogen and oxygen atoms in total. The number of benzene rings is 1. The van der Waals surface area contributed by atoms with Crippen molar-refractivity contribution in [2.75, 3.05) is 18.1 Å². The molecule has 1 heterocycles. The Bertz CT molecular complexity index is 672. The molecule has 0 radical (unpaired) electrons. The molecule has 1 aromatic carbocycles. The molecule has 1 atom stereocenters. The number of aryl methyl sites for hydroxylation is 2. The largest absolute Gasteiger partial charge is 0.457 e. The molecule has 1 saturated heterocycles. The third-order valence-corrected chi connectivity index (χ3v) is 4.44. The summed E-state index contributed by atoms with van der Waals surface area (Å²) in [6, 6.07) is 5.80. The molecule has 1 aliphatic heterocycles. The molecule has 0 aromatic heterocycles. The Kier molecular flexibility index (Phi) is 5.11. The zero-order chi connectivity index (χ0) is 18.1. The van der Waals surface area contributed by atoms with Gasteiger partial charge < -0.3 is 9.64 Å². The fourth-order valence-electron chi connectivity index (χ4n) is 2.48. The van der Waals surface area contributed by atoms with Gasteiger partial charge in [0.2, 0.25) is 5.91 Å². The Morgan fingerprint density at radius 1 is 1.21 bits per heavy atom. The van der Waals surface area contributed by atoms with Gasteiger partial charge in [0.05, 0.1) is 5.92 Å². The van der Waals surface area contributed by atoms with E-state index in [0.717, 1.165) is 16.8 Å². The molecule has 24 heavy (non-hydrogen) atoms. The summed E-state index contributed by atoms with van der Waals surface area (Å²) in [5.74, 6) is -1.23. The Morgan fingerprint density at radius 2 is 1.88 bits per heavy atom. The van der Waals surface area contributed by atoms with Gasteiger partial charge in [-0.15, -0.1) is 0 Å². The standard InChI is InChI=1S/C19H25NO4/c1-12-6-7-15(8-13(12)2)20-10-14(9-17(20)22)18(23)24-11-16(21)19(3,4)5/h6-8,14H,9-11H2,1-5H3/t14-/m0/s1. The highest BCUT2D eigenvalue weighted by Gasteiger charge is 2.36. The van der Waals surface area contributed by atoms with Gasteiger partial charge in [-0.3, -0.25) is 14.4 Å². The monoisotopic (exact) mass is 331 g/mol. The molecule has 2 rings (SSSR count). The third-order valence-electron chi connectivity index (χ3n) is 4.44. The van der Waals surface area contributed by atoms with Crippen LogP contribution in [0.2, 0.25) is 0 Å². The number of amides is 1. The summed E-state index contributed by atoms with van der Waals surface area (Å²) >= 11 is 0. The lowest BCUT2D eigenvalue weighted by molar-refractivity contribution is -0.153. The van der Waals surface area contributed by atoms with E-state index in [2.05, 4.69) is 0 Å². The zero-order valence-electron chi connectivity index (χ0n) is 15.0. The van der Waals surface area contributed by atoms with Crippen molar-refractivity contribution < 1.29 is 19.1 Å². The van der Waals surface area contributed by atoms with E-state index < -0.39 is 17.3 Å². The van der Waals surface area contributed by atoms with E-state index in [0.29, 0.717) is 6.54 Å². The fraction of sp³-hybridized carbons (Fsp3) is 0.526. The Labute approximate surface area is 143 Å². The van der Waals surface area contributed by atoms with Gasteiger partial charge in [0.15, 0.2) is 12.4 Å². The maximum absolute atomic E-state index is 12.2. The molecule has 130 valence electrons. The SMILES string of the molecule is Cc1ccc(N2C[C@@H](C(=O)OCC(=O)C(C)(C)C)CC2=O)cc1C. The highest BCUT2D eigenvalue weighted by molar-refractivity contribution is 5.99. The van der Waals surface area contributed by atoms with Crippen LogP contribution in [-0.2, 0) is 19.1 Å². The number of carbonyl (C=O) groups is 3. The molecule has 1 aromatic rings. The number of ketones is 1. The van der Waals surface area contributed by atoms with Crippen LogP contribution in [-0.4, -0.2) is 30.8 Å². The van der Waals surface area contributed by atoms with Crippen molar-refractivity contribution in [3.05, 3.63) is 29.3 Å². The number of Topliss-reactive ketones (excluding diaryl/α,β-unsaturated/α-hetero) is 1. The number of hydrogen-bond acceptors (Lipinski definition) is 4. The molecular formula is C19H25NO4. The molecule has 0 N–H and O–H groups in total. The van der Waals surface area contributed by atoms with Crippen LogP contribution in [0.1, 0.15) is 38.3 Å². The quantitative estimate of drug-likeness (QED) is 0.796. The molecule has 0 aliphatic carbocycles. The number of nitrogens with zero attached hydrogens (tertiary/aromatic N) is 1. The van der Waals surface area contributed by atoms with Gasteiger partial charge >= 0.3 is 5.97 Å². The second kappa shape index (κ2) is 6.75. The summed E-state index contributed by atoms with van der Waals surface area (Å²) < 4.78 is 5.12. The lowest BCUT2D eigenvalue weighted by Gasteiger charge is -2.19. The lowest BCUT2D eigenvalue weighted by Crippen LogP contribution is -2.30. The van der Waals surface area contributed by atoms with Crippen LogP contribution >= 0.6 is 0 Å². The second-order valence-corrected chi connectivity index (χ2v) is 7.45. The molecule has 0 unspecified atom stereocenters. The van der Waals surface area contributed by atoms with Crippen molar-refractivity contribution in [1.82, 2.24) is 0 Å². The number of ether oxygens (including phenoxy) is 1. The molecule has 1 aliphatic rings. The summed E-state index contributed by atoms with van der Waals surface area (Å²) in [5, 5.41) is 0. The normalized spacial score (nSPS) is 18.0. The summed E-state index contributed by atoms with van der Waals surface area (Å²) in [5.41, 5.74) is 2.50. The summed E-state index contributed by atoms with van der Waals surface area (Å²) in [6.45, 7) is 9.40. The first-order valence-corrected chi connectivity index (χ1v) is 8.17. The smallest absolute Gasteiger partial charge is 0.311 e. The van der Waals surface area contributed by atoms with Gasteiger partial charge in [-0.1, -0.05) is 26.8 Å². The average Bonchev–Trinajstić information content (AvgIpc) is 2.88. The van der Waals surface area contributed by atoms with Crippen molar-refractivity contribution in [2.45, 2.75) is 41.0 Å². The van der Waals surface area contributed by atoms with E-state index in [1.54, 1.807) is 25.7 Å². The summed E-state index contributed by atoms with van der Waals surface area (Å²) in [4.78, 5) is 37.9. The minimum Gasteiger partial charge on any atom is -0.457 e. The van der Waals surface area contributed by atoms with Crippen molar-refractivity contribution in [2.24, 2.45) is 11.3 Å². The van der Waals surface area contributed by atoms with Crippen LogP contribution in [0.25, 0.3) is 0 Å². The first kappa shape index (κ1) is 18.2. The van der Waals surface area contributed by atoms with Crippen LogP contribution in [0.15, 0.2) is 18.2 Å². The minimum atomic E-state index is -0.544. The Hall–Kier alpha value is -2.17. The summed E-state index contributed by atoms with van der Waals surface area (Å²) in [6.07, 6.45) is 0.121. The average molecular weight is 331 g/mol. The molecule has 5 heteroatoms. The zero-order valence-corrected chi connectivity index (χ0v) is 15.0. The van der Waals surface area contributed by atoms with Crippen molar-refractivity contribution >= 4 is 23.3 Å². The van der Waals surface area contributed by atoms with Gasteiger partial charge in [0.1, 0.15) is 0 Å². The van der Waals surface area contributed by atoms with Crippen LogP contribution in [0, 0.1) is 25.2 Å². The number of anilines is 1. The van der Waals surface area contributed by atoms with Crippen LogP contribution in [0.3, 0.4) is 0 Å². The predicted octanol–water partition coefficient (Wildman–Crippen LogP) is 2.81. The molecule has 0 saturated carbocycles. The first-order valence-electron chi connectivity index (χ1n) is 8.17. The minimum absolute atomic E-state index is 0.0950. The van der Waals surface area contributed by atoms with E-state index in [-0.39, 0.29) is 24.7 Å². The maximum Gasteiger partial charge on any atom is 0.311 e. The van der Waals surface area contributed by atoms with Crippen LogP contribution in [0.5, 0.6) is 0 Å². The van der Waals surface area contributed by atoms with Crippen LogP contribution < -0.4 is 4.90 Å². The molecule has 0 spiro atoms.